The molecule has 0 aliphatic rings. The standard InChI is InChI=1S/C13H23N5O3/c1-9(11-17-14-8-18(11)6-7-21-5)15-12(20)13(3,4)16-10(2)19/h8-9H,6-7H2,1-5H3,(H,15,20)(H,16,19)/t9-/m1/s1. The Labute approximate surface area is 124 Å². The Morgan fingerprint density at radius 1 is 1.48 bits per heavy atom. The van der Waals surface area contributed by atoms with E-state index >= 15 is 0 Å². The number of aromatic nitrogens is 3. The summed E-state index contributed by atoms with van der Waals surface area (Å²) in [5.74, 6) is 0.0941. The minimum Gasteiger partial charge on any atom is -0.383 e. The zero-order valence-corrected chi connectivity index (χ0v) is 13.1. The maximum Gasteiger partial charge on any atom is 0.245 e. The molecule has 0 saturated heterocycles. The lowest BCUT2D eigenvalue weighted by Crippen LogP contribution is -2.54. The van der Waals surface area contributed by atoms with Crippen molar-refractivity contribution in [1.29, 1.82) is 0 Å². The van der Waals surface area contributed by atoms with Crippen LogP contribution in [0, 0.1) is 0 Å². The van der Waals surface area contributed by atoms with Gasteiger partial charge in [-0.05, 0) is 20.8 Å². The molecule has 21 heavy (non-hydrogen) atoms. The molecule has 0 radical (unpaired) electrons. The molecule has 0 aliphatic heterocycles. The normalized spacial score (nSPS) is 12.8. The number of carbonyl (C=O) groups excluding carboxylic acids is 2. The van der Waals surface area contributed by atoms with Gasteiger partial charge in [-0.3, -0.25) is 9.59 Å². The largest absolute Gasteiger partial charge is 0.383 e. The van der Waals surface area contributed by atoms with Crippen LogP contribution >= 0.6 is 0 Å². The molecule has 2 N–H and O–H groups in total. The molecule has 1 atom stereocenters. The molecule has 1 rings (SSSR count). The van der Waals surface area contributed by atoms with E-state index in [1.54, 1.807) is 27.3 Å². The fraction of sp³-hybridized carbons (Fsp3) is 0.692. The molecule has 8 nitrogen and oxygen atoms in total. The number of nitrogens with one attached hydrogen (secondary N) is 2. The van der Waals surface area contributed by atoms with E-state index in [9.17, 15) is 9.59 Å². The summed E-state index contributed by atoms with van der Waals surface area (Å²) in [5, 5.41) is 13.3. The highest BCUT2D eigenvalue weighted by Gasteiger charge is 2.30. The molecule has 1 aromatic rings. The van der Waals surface area contributed by atoms with Gasteiger partial charge < -0.3 is 19.9 Å². The number of ether oxygens (including phenoxy) is 1. The quantitative estimate of drug-likeness (QED) is 0.739. The van der Waals surface area contributed by atoms with Crippen LogP contribution in [0.3, 0.4) is 0 Å². The van der Waals surface area contributed by atoms with E-state index in [1.165, 1.54) is 6.92 Å². The first kappa shape index (κ1) is 17.1. The van der Waals surface area contributed by atoms with Gasteiger partial charge in [0.05, 0.1) is 12.6 Å². The Bertz CT molecular complexity index is 498. The predicted molar refractivity (Wildman–Crippen MR) is 76.4 cm³/mol. The molecule has 0 spiro atoms. The summed E-state index contributed by atoms with van der Waals surface area (Å²) in [4.78, 5) is 23.3. The fourth-order valence-electron chi connectivity index (χ4n) is 1.90. The molecule has 8 heteroatoms. The van der Waals surface area contributed by atoms with Gasteiger partial charge in [0.15, 0.2) is 5.82 Å². The zero-order valence-electron chi connectivity index (χ0n) is 13.1. The second-order valence-corrected chi connectivity index (χ2v) is 5.38. The molecule has 1 aromatic heterocycles. The number of hydrogen-bond acceptors (Lipinski definition) is 5. The van der Waals surface area contributed by atoms with Crippen LogP contribution in [0.5, 0.6) is 0 Å². The first-order valence-electron chi connectivity index (χ1n) is 6.74. The average Bonchev–Trinajstić information content (AvgIpc) is 2.82. The number of carbonyl (C=O) groups is 2. The first-order chi connectivity index (χ1) is 9.77. The van der Waals surface area contributed by atoms with E-state index in [0.717, 1.165) is 0 Å². The summed E-state index contributed by atoms with van der Waals surface area (Å²) in [6.07, 6.45) is 1.59. The highest BCUT2D eigenvalue weighted by Crippen LogP contribution is 2.11. The minimum atomic E-state index is -0.989. The van der Waals surface area contributed by atoms with Gasteiger partial charge in [-0.15, -0.1) is 10.2 Å². The predicted octanol–water partition coefficient (Wildman–Crippen LogP) is 0.0164. The Morgan fingerprint density at radius 2 is 2.14 bits per heavy atom. The van der Waals surface area contributed by atoms with E-state index in [4.69, 9.17) is 4.74 Å². The van der Waals surface area contributed by atoms with E-state index < -0.39 is 5.54 Å². The van der Waals surface area contributed by atoms with Crippen LogP contribution in [-0.4, -0.2) is 45.8 Å². The van der Waals surface area contributed by atoms with Gasteiger partial charge >= 0.3 is 0 Å². The lowest BCUT2D eigenvalue weighted by atomic mass is 10.0. The maximum absolute atomic E-state index is 12.2. The molecule has 0 aromatic carbocycles. The molecule has 1 heterocycles. The zero-order chi connectivity index (χ0) is 16.0. The number of nitrogens with zero attached hydrogens (tertiary/aromatic N) is 3. The second kappa shape index (κ2) is 7.16. The van der Waals surface area contributed by atoms with E-state index in [2.05, 4.69) is 20.8 Å². The number of hydrogen-bond donors (Lipinski definition) is 2. The summed E-state index contributed by atoms with van der Waals surface area (Å²) in [6, 6.07) is -0.329. The fourth-order valence-corrected chi connectivity index (χ4v) is 1.90. The van der Waals surface area contributed by atoms with Crippen LogP contribution in [0.15, 0.2) is 6.33 Å². The Hall–Kier alpha value is -1.96. The molecule has 0 bridgehead atoms. The second-order valence-electron chi connectivity index (χ2n) is 5.38. The van der Waals surface area contributed by atoms with Gasteiger partial charge in [-0.1, -0.05) is 0 Å². The van der Waals surface area contributed by atoms with E-state index in [1.807, 2.05) is 11.5 Å². The van der Waals surface area contributed by atoms with Gasteiger partial charge in [0, 0.05) is 20.6 Å². The Kier molecular flexibility index (Phi) is 5.83. The molecule has 0 saturated carbocycles. The van der Waals surface area contributed by atoms with Crippen molar-refractivity contribution in [2.45, 2.75) is 45.8 Å². The van der Waals surface area contributed by atoms with Crippen molar-refractivity contribution < 1.29 is 14.3 Å². The molecular weight excluding hydrogens is 274 g/mol. The summed E-state index contributed by atoms with van der Waals surface area (Å²) < 4.78 is 6.84. The average molecular weight is 297 g/mol. The highest BCUT2D eigenvalue weighted by atomic mass is 16.5. The van der Waals surface area contributed by atoms with Crippen molar-refractivity contribution in [3.05, 3.63) is 12.2 Å². The monoisotopic (exact) mass is 297 g/mol. The smallest absolute Gasteiger partial charge is 0.245 e. The summed E-state index contributed by atoms with van der Waals surface area (Å²) in [7, 11) is 1.62. The van der Waals surface area contributed by atoms with Crippen LogP contribution in [0.2, 0.25) is 0 Å². The van der Waals surface area contributed by atoms with E-state index in [-0.39, 0.29) is 17.9 Å². The third-order valence-corrected chi connectivity index (χ3v) is 2.97. The van der Waals surface area contributed by atoms with Crippen molar-refractivity contribution in [3.8, 4) is 0 Å². The van der Waals surface area contributed by atoms with Crippen LogP contribution in [-0.2, 0) is 20.9 Å². The summed E-state index contributed by atoms with van der Waals surface area (Å²) in [5.41, 5.74) is -0.989. The van der Waals surface area contributed by atoms with Gasteiger partial charge in [0.25, 0.3) is 0 Å². The van der Waals surface area contributed by atoms with Crippen LogP contribution in [0.1, 0.15) is 39.6 Å². The molecule has 2 amide bonds. The first-order valence-corrected chi connectivity index (χ1v) is 6.74. The molecule has 0 fully saturated rings. The van der Waals surface area contributed by atoms with Crippen LogP contribution in [0.25, 0.3) is 0 Å². The number of amides is 2. The SMILES string of the molecule is COCCn1cnnc1[C@@H](C)NC(=O)C(C)(C)NC(C)=O. The molecular formula is C13H23N5O3. The third kappa shape index (κ3) is 4.82. The Balaban J connectivity index is 2.72. The number of methoxy groups -OCH3 is 1. The van der Waals surface area contributed by atoms with E-state index in [0.29, 0.717) is 19.0 Å². The lowest BCUT2D eigenvalue weighted by molar-refractivity contribution is -0.132. The van der Waals surface area contributed by atoms with Gasteiger partial charge in [-0.25, -0.2) is 0 Å². The lowest BCUT2D eigenvalue weighted by Gasteiger charge is -2.26. The van der Waals surface area contributed by atoms with Crippen molar-refractivity contribution in [2.24, 2.45) is 0 Å². The van der Waals surface area contributed by atoms with Crippen LogP contribution < -0.4 is 10.6 Å². The third-order valence-electron chi connectivity index (χ3n) is 2.97. The maximum atomic E-state index is 12.2. The van der Waals surface area contributed by atoms with Gasteiger partial charge in [0.2, 0.25) is 11.8 Å². The van der Waals surface area contributed by atoms with Crippen molar-refractivity contribution >= 4 is 11.8 Å². The highest BCUT2D eigenvalue weighted by molar-refractivity contribution is 5.90. The Morgan fingerprint density at radius 3 is 2.71 bits per heavy atom. The minimum absolute atomic E-state index is 0.258. The van der Waals surface area contributed by atoms with Gasteiger partial charge in [-0.2, -0.15) is 0 Å². The van der Waals surface area contributed by atoms with Gasteiger partial charge in [0.1, 0.15) is 11.9 Å². The van der Waals surface area contributed by atoms with Crippen molar-refractivity contribution in [3.63, 3.8) is 0 Å². The molecule has 0 unspecified atom stereocenters. The molecule has 0 aliphatic carbocycles. The van der Waals surface area contributed by atoms with Crippen molar-refractivity contribution in [1.82, 2.24) is 25.4 Å². The van der Waals surface area contributed by atoms with Crippen molar-refractivity contribution in [2.75, 3.05) is 13.7 Å². The summed E-state index contributed by atoms with van der Waals surface area (Å²) in [6.45, 7) is 7.62. The molecule has 118 valence electrons. The number of rotatable bonds is 7. The topological polar surface area (TPSA) is 98.1 Å². The van der Waals surface area contributed by atoms with Crippen LogP contribution in [0.4, 0.5) is 0 Å². The summed E-state index contributed by atoms with van der Waals surface area (Å²) >= 11 is 0.